The number of nitrogens with one attached hydrogen (secondary N) is 2. The molecule has 0 bridgehead atoms. The highest BCUT2D eigenvalue weighted by molar-refractivity contribution is 6.31. The molecule has 1 unspecified atom stereocenters. The predicted octanol–water partition coefficient (Wildman–Crippen LogP) is 4.80. The van der Waals surface area contributed by atoms with Crippen LogP contribution in [-0.2, 0) is 4.79 Å². The average molecular weight is 452 g/mol. The summed E-state index contributed by atoms with van der Waals surface area (Å²) in [7, 11) is 0. The number of carbonyl (C=O) groups excluding carboxylic acids is 2. The molecule has 0 spiro atoms. The van der Waals surface area contributed by atoms with Crippen LogP contribution in [0, 0.1) is 5.92 Å². The average Bonchev–Trinajstić information content (AvgIpc) is 2.78. The van der Waals surface area contributed by atoms with E-state index >= 15 is 0 Å². The fourth-order valence-corrected chi connectivity index (χ4v) is 3.50. The Kier molecular flexibility index (Phi) is 7.84. The molecule has 3 aromatic rings. The topological polar surface area (TPSA) is 79.8 Å². The molecule has 6 nitrogen and oxygen atoms in total. The maximum absolute atomic E-state index is 12.8. The van der Waals surface area contributed by atoms with E-state index in [4.69, 9.17) is 16.3 Å². The number of benzene rings is 3. The lowest BCUT2D eigenvalue weighted by Crippen LogP contribution is -2.48. The van der Waals surface area contributed by atoms with Gasteiger partial charge in [0, 0.05) is 16.1 Å². The summed E-state index contributed by atoms with van der Waals surface area (Å²) in [5.41, 5.74) is 3.71. The summed E-state index contributed by atoms with van der Waals surface area (Å²) in [5, 5.41) is 9.37. The van der Waals surface area contributed by atoms with Crippen LogP contribution in [0.25, 0.3) is 10.8 Å². The van der Waals surface area contributed by atoms with Crippen molar-refractivity contribution in [2.45, 2.75) is 26.8 Å². The summed E-state index contributed by atoms with van der Waals surface area (Å²) >= 11 is 5.97. The molecule has 0 aliphatic rings. The molecule has 0 aliphatic carbocycles. The lowest BCUT2D eigenvalue weighted by Gasteiger charge is -2.20. The predicted molar refractivity (Wildman–Crippen MR) is 128 cm³/mol. The molecule has 166 valence electrons. The van der Waals surface area contributed by atoms with E-state index in [1.165, 1.54) is 0 Å². The van der Waals surface area contributed by atoms with Crippen molar-refractivity contribution >= 4 is 40.4 Å². The van der Waals surface area contributed by atoms with Gasteiger partial charge in [-0.25, -0.2) is 5.43 Å². The minimum Gasteiger partial charge on any atom is -0.493 e. The minimum absolute atomic E-state index is 0.148. The molecule has 0 radical (unpaired) electrons. The van der Waals surface area contributed by atoms with Crippen molar-refractivity contribution in [1.82, 2.24) is 10.7 Å². The summed E-state index contributed by atoms with van der Waals surface area (Å²) in [6.07, 6.45) is 1.57. The van der Waals surface area contributed by atoms with E-state index in [2.05, 4.69) is 15.8 Å². The second-order valence-electron chi connectivity index (χ2n) is 7.57. The van der Waals surface area contributed by atoms with Gasteiger partial charge in [0.2, 0.25) is 0 Å². The van der Waals surface area contributed by atoms with Crippen LogP contribution in [0.2, 0.25) is 5.02 Å². The molecular formula is C25H26ClN3O3. The Hall–Kier alpha value is -3.38. The first-order chi connectivity index (χ1) is 15.4. The van der Waals surface area contributed by atoms with E-state index in [0.29, 0.717) is 22.9 Å². The number of fused-ring (bicyclic) bond motifs is 1. The molecule has 32 heavy (non-hydrogen) atoms. The van der Waals surface area contributed by atoms with Gasteiger partial charge in [-0.3, -0.25) is 9.59 Å². The van der Waals surface area contributed by atoms with Crippen molar-refractivity contribution in [2.24, 2.45) is 11.0 Å². The quantitative estimate of drug-likeness (QED) is 0.381. The largest absolute Gasteiger partial charge is 0.493 e. The third-order valence-corrected chi connectivity index (χ3v) is 5.16. The molecule has 3 rings (SSSR count). The molecule has 2 amide bonds. The number of amides is 2. The molecule has 0 aliphatic heterocycles. The van der Waals surface area contributed by atoms with E-state index < -0.39 is 11.9 Å². The zero-order valence-corrected chi connectivity index (χ0v) is 19.0. The Bertz CT molecular complexity index is 1140. The van der Waals surface area contributed by atoms with Crippen molar-refractivity contribution < 1.29 is 14.3 Å². The number of carbonyl (C=O) groups is 2. The van der Waals surface area contributed by atoms with Crippen molar-refractivity contribution in [3.05, 3.63) is 76.8 Å². The Balaban J connectivity index is 1.77. The number of hydrogen-bond donors (Lipinski definition) is 2. The number of halogens is 1. The van der Waals surface area contributed by atoms with Crippen LogP contribution in [0.1, 0.15) is 36.7 Å². The number of nitrogens with zero attached hydrogens (tertiary/aromatic N) is 1. The molecule has 2 N–H and O–H groups in total. The number of ether oxygens (including phenoxy) is 1. The van der Waals surface area contributed by atoms with Crippen molar-refractivity contribution in [3.63, 3.8) is 0 Å². The van der Waals surface area contributed by atoms with E-state index in [-0.39, 0.29) is 11.8 Å². The zero-order chi connectivity index (χ0) is 23.1. The second kappa shape index (κ2) is 10.8. The Labute approximate surface area is 192 Å². The van der Waals surface area contributed by atoms with Crippen LogP contribution < -0.4 is 15.5 Å². The van der Waals surface area contributed by atoms with Crippen LogP contribution in [0.3, 0.4) is 0 Å². The molecule has 0 saturated heterocycles. The van der Waals surface area contributed by atoms with Gasteiger partial charge in [-0.1, -0.05) is 61.8 Å². The Morgan fingerprint density at radius 3 is 2.59 bits per heavy atom. The maximum Gasteiger partial charge on any atom is 0.262 e. The van der Waals surface area contributed by atoms with Crippen molar-refractivity contribution in [2.75, 3.05) is 6.61 Å². The van der Waals surface area contributed by atoms with Gasteiger partial charge in [0.1, 0.15) is 11.8 Å². The number of rotatable bonds is 8. The molecular weight excluding hydrogens is 426 g/mol. The van der Waals surface area contributed by atoms with Gasteiger partial charge in [-0.05, 0) is 47.9 Å². The molecule has 3 aromatic carbocycles. The summed E-state index contributed by atoms with van der Waals surface area (Å²) < 4.78 is 5.73. The second-order valence-corrected chi connectivity index (χ2v) is 8.01. The Morgan fingerprint density at radius 1 is 1.09 bits per heavy atom. The Morgan fingerprint density at radius 2 is 1.88 bits per heavy atom. The SMILES string of the molecule is CCOc1ccc2ccccc2c1C=NNC(=O)C(NC(=O)c1cccc(Cl)c1)C(C)C. The molecule has 1 atom stereocenters. The van der Waals surface area contributed by atoms with Crippen molar-refractivity contribution in [1.29, 1.82) is 0 Å². The highest BCUT2D eigenvalue weighted by Gasteiger charge is 2.24. The third kappa shape index (κ3) is 5.65. The van der Waals surface area contributed by atoms with Crippen LogP contribution in [-0.4, -0.2) is 30.7 Å². The summed E-state index contributed by atoms with van der Waals surface area (Å²) in [6.45, 7) is 6.12. The van der Waals surface area contributed by atoms with Gasteiger partial charge in [0.05, 0.1) is 12.8 Å². The molecule has 0 aromatic heterocycles. The van der Waals surface area contributed by atoms with Gasteiger partial charge in [0.15, 0.2) is 0 Å². The fourth-order valence-electron chi connectivity index (χ4n) is 3.31. The standard InChI is InChI=1S/C25H26ClN3O3/c1-4-32-22-13-12-17-8-5-6-11-20(17)21(22)15-27-29-25(31)23(16(2)3)28-24(30)18-9-7-10-19(26)14-18/h5-16,23H,4H2,1-3H3,(H,28,30)(H,29,31). The van der Waals surface area contributed by atoms with Gasteiger partial charge in [0.25, 0.3) is 11.8 Å². The summed E-state index contributed by atoms with van der Waals surface area (Å²) in [5.74, 6) is -0.258. The molecule has 0 heterocycles. The number of hydrazone groups is 1. The lowest BCUT2D eigenvalue weighted by atomic mass is 10.0. The van der Waals surface area contributed by atoms with Gasteiger partial charge in [-0.2, -0.15) is 5.10 Å². The van der Waals surface area contributed by atoms with E-state index in [9.17, 15) is 9.59 Å². The molecule has 0 fully saturated rings. The smallest absolute Gasteiger partial charge is 0.262 e. The maximum atomic E-state index is 12.8. The van der Waals surface area contributed by atoms with Gasteiger partial charge in [-0.15, -0.1) is 0 Å². The normalized spacial score (nSPS) is 12.2. The first-order valence-corrected chi connectivity index (χ1v) is 10.8. The monoisotopic (exact) mass is 451 g/mol. The third-order valence-electron chi connectivity index (χ3n) is 4.92. The van der Waals surface area contributed by atoms with E-state index in [0.717, 1.165) is 16.3 Å². The highest BCUT2D eigenvalue weighted by atomic mass is 35.5. The minimum atomic E-state index is -0.766. The fraction of sp³-hybridized carbons (Fsp3) is 0.240. The van der Waals surface area contributed by atoms with E-state index in [1.54, 1.807) is 30.5 Å². The zero-order valence-electron chi connectivity index (χ0n) is 18.3. The summed E-state index contributed by atoms with van der Waals surface area (Å²) in [6, 6.07) is 17.5. The summed E-state index contributed by atoms with van der Waals surface area (Å²) in [4.78, 5) is 25.4. The number of hydrogen-bond acceptors (Lipinski definition) is 4. The van der Waals surface area contributed by atoms with Crippen molar-refractivity contribution in [3.8, 4) is 5.75 Å². The first-order valence-electron chi connectivity index (χ1n) is 10.4. The van der Waals surface area contributed by atoms with Crippen LogP contribution in [0.4, 0.5) is 0 Å². The highest BCUT2D eigenvalue weighted by Crippen LogP contribution is 2.26. The molecule has 0 saturated carbocycles. The van der Waals surface area contributed by atoms with Gasteiger partial charge < -0.3 is 10.1 Å². The van der Waals surface area contributed by atoms with Crippen LogP contribution in [0.15, 0.2) is 65.8 Å². The lowest BCUT2D eigenvalue weighted by molar-refractivity contribution is -0.123. The molecule has 7 heteroatoms. The first kappa shape index (κ1) is 23.3. The van der Waals surface area contributed by atoms with Crippen LogP contribution in [0.5, 0.6) is 5.75 Å². The van der Waals surface area contributed by atoms with Gasteiger partial charge >= 0.3 is 0 Å². The van der Waals surface area contributed by atoms with E-state index in [1.807, 2.05) is 57.2 Å². The van der Waals surface area contributed by atoms with Crippen LogP contribution >= 0.6 is 11.6 Å².